The second-order valence-electron chi connectivity index (χ2n) is 5.58. The molecule has 0 bridgehead atoms. The lowest BCUT2D eigenvalue weighted by Crippen LogP contribution is -2.34. The van der Waals surface area contributed by atoms with E-state index in [9.17, 15) is 9.59 Å². The van der Waals surface area contributed by atoms with E-state index in [1.807, 2.05) is 20.8 Å². The topological polar surface area (TPSA) is 90.4 Å². The lowest BCUT2D eigenvalue weighted by Gasteiger charge is -2.24. The van der Waals surface area contributed by atoms with Crippen molar-refractivity contribution in [3.8, 4) is 0 Å². The predicted octanol–water partition coefficient (Wildman–Crippen LogP) is 0.619. The van der Waals surface area contributed by atoms with Crippen LogP contribution < -0.4 is 5.73 Å². The first-order chi connectivity index (χ1) is 8.76. The fraction of sp³-hybridized carbons (Fsp3) is 0.583. The highest BCUT2D eigenvalue weighted by Gasteiger charge is 2.30. The molecule has 104 valence electrons. The van der Waals surface area contributed by atoms with Crippen LogP contribution in [0.15, 0.2) is 6.20 Å². The van der Waals surface area contributed by atoms with Gasteiger partial charge in [0.1, 0.15) is 12.1 Å². The highest BCUT2D eigenvalue weighted by molar-refractivity contribution is 5.73. The van der Waals surface area contributed by atoms with Gasteiger partial charge in [0, 0.05) is 5.56 Å². The van der Waals surface area contributed by atoms with Gasteiger partial charge in [0.2, 0.25) is 5.91 Å². The number of carbonyl (C=O) groups excluding carboxylic acids is 2. The van der Waals surface area contributed by atoms with Crippen molar-refractivity contribution in [2.75, 3.05) is 0 Å². The van der Waals surface area contributed by atoms with Gasteiger partial charge in [-0.25, -0.2) is 4.79 Å². The number of aromatic nitrogens is 2. The van der Waals surface area contributed by atoms with Crippen LogP contribution in [0.2, 0.25) is 0 Å². The monoisotopic (exact) mass is 266 g/mol. The van der Waals surface area contributed by atoms with E-state index in [1.165, 1.54) is 4.68 Å². The van der Waals surface area contributed by atoms with Gasteiger partial charge in [-0.1, -0.05) is 0 Å². The maximum atomic E-state index is 11.9. The number of amides is 2. The van der Waals surface area contributed by atoms with E-state index in [2.05, 4.69) is 5.10 Å². The molecule has 1 aromatic heterocycles. The number of nitrogens with two attached hydrogens (primary N) is 1. The van der Waals surface area contributed by atoms with Gasteiger partial charge < -0.3 is 10.5 Å². The highest BCUT2D eigenvalue weighted by atomic mass is 16.6. The molecule has 0 aromatic carbocycles. The highest BCUT2D eigenvalue weighted by Crippen LogP contribution is 2.24. The van der Waals surface area contributed by atoms with Crippen LogP contribution in [0.25, 0.3) is 0 Å². The Bertz CT molecular complexity index is 516. The van der Waals surface area contributed by atoms with Crippen molar-refractivity contribution < 1.29 is 14.3 Å². The van der Waals surface area contributed by atoms with Crippen LogP contribution >= 0.6 is 0 Å². The largest absolute Gasteiger partial charge is 0.444 e. The van der Waals surface area contributed by atoms with Gasteiger partial charge in [-0.3, -0.25) is 14.4 Å². The van der Waals surface area contributed by atoms with Crippen molar-refractivity contribution in [2.45, 2.75) is 46.0 Å². The summed E-state index contributed by atoms with van der Waals surface area (Å²) in [6.07, 6.45) is 1.29. The fourth-order valence-electron chi connectivity index (χ4n) is 1.95. The van der Waals surface area contributed by atoms with Gasteiger partial charge in [-0.05, 0) is 20.8 Å². The third kappa shape index (κ3) is 3.04. The summed E-state index contributed by atoms with van der Waals surface area (Å²) in [5.41, 5.74) is 6.39. The van der Waals surface area contributed by atoms with E-state index >= 15 is 0 Å². The molecular formula is C12H18N4O3. The first-order valence-corrected chi connectivity index (χ1v) is 6.06. The molecule has 0 fully saturated rings. The number of fused-ring (bicyclic) bond motifs is 1. The van der Waals surface area contributed by atoms with Crippen LogP contribution in [0.5, 0.6) is 0 Å². The van der Waals surface area contributed by atoms with Gasteiger partial charge in [-0.2, -0.15) is 5.10 Å². The Morgan fingerprint density at radius 2 is 2.11 bits per heavy atom. The van der Waals surface area contributed by atoms with Crippen molar-refractivity contribution in [1.29, 1.82) is 0 Å². The molecule has 1 aliphatic rings. The van der Waals surface area contributed by atoms with Crippen LogP contribution in [0, 0.1) is 0 Å². The molecule has 0 atom stereocenters. The molecule has 1 aliphatic heterocycles. The van der Waals surface area contributed by atoms with Crippen molar-refractivity contribution in [3.63, 3.8) is 0 Å². The summed E-state index contributed by atoms with van der Waals surface area (Å²) in [6.45, 7) is 6.33. The number of hydrogen-bond donors (Lipinski definition) is 1. The summed E-state index contributed by atoms with van der Waals surface area (Å²) >= 11 is 0. The molecule has 7 nitrogen and oxygen atoms in total. The zero-order valence-electron chi connectivity index (χ0n) is 11.3. The number of rotatable bonds is 2. The smallest absolute Gasteiger partial charge is 0.410 e. The van der Waals surface area contributed by atoms with Crippen molar-refractivity contribution in [1.82, 2.24) is 14.7 Å². The number of ether oxygens (including phenoxy) is 1. The van der Waals surface area contributed by atoms with Gasteiger partial charge in [0.15, 0.2) is 0 Å². The second-order valence-corrected chi connectivity index (χ2v) is 5.58. The molecule has 0 spiro atoms. The zero-order chi connectivity index (χ0) is 14.2. The van der Waals surface area contributed by atoms with Crippen molar-refractivity contribution >= 4 is 12.0 Å². The molecule has 0 aliphatic carbocycles. The Labute approximate surface area is 111 Å². The van der Waals surface area contributed by atoms with Gasteiger partial charge in [0.05, 0.1) is 25.0 Å². The second kappa shape index (κ2) is 4.56. The summed E-state index contributed by atoms with van der Waals surface area (Å²) in [5.74, 6) is -0.457. The Balaban J connectivity index is 2.06. The lowest BCUT2D eigenvalue weighted by molar-refractivity contribution is -0.118. The average molecular weight is 266 g/mol. The Morgan fingerprint density at radius 1 is 1.42 bits per heavy atom. The first-order valence-electron chi connectivity index (χ1n) is 6.06. The molecule has 2 heterocycles. The summed E-state index contributed by atoms with van der Waals surface area (Å²) in [7, 11) is 0. The third-order valence-electron chi connectivity index (χ3n) is 2.69. The summed E-state index contributed by atoms with van der Waals surface area (Å²) < 4.78 is 6.84. The molecule has 1 aromatic rings. The van der Waals surface area contributed by atoms with E-state index in [1.54, 1.807) is 11.1 Å². The maximum absolute atomic E-state index is 11.9. The van der Waals surface area contributed by atoms with E-state index in [0.717, 1.165) is 11.3 Å². The molecule has 0 radical (unpaired) electrons. The molecule has 19 heavy (non-hydrogen) atoms. The minimum atomic E-state index is -0.523. The van der Waals surface area contributed by atoms with E-state index < -0.39 is 11.5 Å². The van der Waals surface area contributed by atoms with E-state index in [-0.39, 0.29) is 12.6 Å². The van der Waals surface area contributed by atoms with Crippen molar-refractivity contribution in [2.24, 2.45) is 5.73 Å². The minimum absolute atomic E-state index is 0.0253. The SMILES string of the molecule is CC(C)(C)OC(=O)N1Cc2cnn(CC(N)=O)c2C1. The summed E-state index contributed by atoms with van der Waals surface area (Å²) in [6, 6.07) is 0. The number of primary amides is 1. The van der Waals surface area contributed by atoms with E-state index in [4.69, 9.17) is 10.5 Å². The Morgan fingerprint density at radius 3 is 2.68 bits per heavy atom. The molecule has 2 amide bonds. The Hall–Kier alpha value is -2.05. The van der Waals surface area contributed by atoms with Crippen LogP contribution in [0.4, 0.5) is 4.79 Å². The molecule has 0 saturated carbocycles. The van der Waals surface area contributed by atoms with Gasteiger partial charge >= 0.3 is 6.09 Å². The number of nitrogens with zero attached hydrogens (tertiary/aromatic N) is 3. The quantitative estimate of drug-likeness (QED) is 0.849. The maximum Gasteiger partial charge on any atom is 0.410 e. The van der Waals surface area contributed by atoms with Gasteiger partial charge in [0.25, 0.3) is 0 Å². The van der Waals surface area contributed by atoms with Crippen LogP contribution in [0.3, 0.4) is 0 Å². The standard InChI is InChI=1S/C12H18N4O3/c1-12(2,3)19-11(18)15-5-8-4-14-16(7-10(13)17)9(8)6-15/h4H,5-7H2,1-3H3,(H2,13,17). The normalized spacial score (nSPS) is 14.4. The van der Waals surface area contributed by atoms with E-state index in [0.29, 0.717) is 13.1 Å². The molecule has 0 saturated heterocycles. The number of hydrogen-bond acceptors (Lipinski definition) is 4. The zero-order valence-corrected chi connectivity index (χ0v) is 11.3. The summed E-state index contributed by atoms with van der Waals surface area (Å²) in [5, 5.41) is 4.08. The first kappa shape index (κ1) is 13.4. The lowest BCUT2D eigenvalue weighted by atomic mass is 10.2. The number of carbonyl (C=O) groups is 2. The Kier molecular flexibility index (Phi) is 3.21. The molecular weight excluding hydrogens is 248 g/mol. The van der Waals surface area contributed by atoms with Crippen LogP contribution in [-0.2, 0) is 29.2 Å². The molecule has 7 heteroatoms. The van der Waals surface area contributed by atoms with Crippen LogP contribution in [0.1, 0.15) is 32.0 Å². The molecule has 0 unspecified atom stereocenters. The van der Waals surface area contributed by atoms with Crippen LogP contribution in [-0.4, -0.2) is 32.3 Å². The van der Waals surface area contributed by atoms with Crippen molar-refractivity contribution in [3.05, 3.63) is 17.5 Å². The van der Waals surface area contributed by atoms with Gasteiger partial charge in [-0.15, -0.1) is 0 Å². The fourth-order valence-corrected chi connectivity index (χ4v) is 1.95. The minimum Gasteiger partial charge on any atom is -0.444 e. The average Bonchev–Trinajstić information content (AvgIpc) is 2.77. The molecule has 2 rings (SSSR count). The third-order valence-corrected chi connectivity index (χ3v) is 2.69. The molecule has 2 N–H and O–H groups in total. The summed E-state index contributed by atoms with van der Waals surface area (Å²) in [4.78, 5) is 24.4. The predicted molar refractivity (Wildman–Crippen MR) is 66.9 cm³/mol.